The summed E-state index contributed by atoms with van der Waals surface area (Å²) in [4.78, 5) is 11.1. The molecule has 0 spiro atoms. The number of carbonyl (C=O) groups is 1. The van der Waals surface area contributed by atoms with Gasteiger partial charge in [-0.1, -0.05) is 36.9 Å². The van der Waals surface area contributed by atoms with Crippen molar-refractivity contribution >= 4 is 5.91 Å². The Balaban J connectivity index is 0.000000921. The molecule has 1 amide bonds. The molecule has 1 aromatic rings. The van der Waals surface area contributed by atoms with Gasteiger partial charge in [-0.05, 0) is 12.5 Å². The molecule has 0 bridgehead atoms. The number of carbonyl (C=O) groups excluding carboxylic acids is 1. The van der Waals surface area contributed by atoms with Gasteiger partial charge in [0.2, 0.25) is 5.91 Å². The third kappa shape index (κ3) is 5.61. The van der Waals surface area contributed by atoms with E-state index in [1.807, 2.05) is 30.3 Å². The lowest BCUT2D eigenvalue weighted by Gasteiger charge is -2.03. The smallest absolute Gasteiger partial charge is 0.246 e. The van der Waals surface area contributed by atoms with Crippen molar-refractivity contribution in [2.45, 2.75) is 13.5 Å². The molecular weight excluding hydrogens is 190 g/mol. The summed E-state index contributed by atoms with van der Waals surface area (Å²) in [5.74, 6) is 7.91. The standard InChI is InChI=1S/C11H13NO.H4N2/c1-9(2)11(13)12-8-10-6-4-3-5-7-10;1-2/h3-7H,1,8H2,2H3,(H,12,13);1-2H2. The molecule has 5 N–H and O–H groups in total. The van der Waals surface area contributed by atoms with Gasteiger partial charge in [0.25, 0.3) is 0 Å². The molecule has 0 fully saturated rings. The van der Waals surface area contributed by atoms with Gasteiger partial charge in [-0.15, -0.1) is 0 Å². The highest BCUT2D eigenvalue weighted by Crippen LogP contribution is 1.97. The van der Waals surface area contributed by atoms with Crippen LogP contribution in [-0.4, -0.2) is 5.91 Å². The molecule has 0 aliphatic carbocycles. The van der Waals surface area contributed by atoms with Gasteiger partial charge in [0.05, 0.1) is 0 Å². The molecule has 0 heterocycles. The van der Waals surface area contributed by atoms with Crippen LogP contribution in [0.15, 0.2) is 42.5 Å². The lowest BCUT2D eigenvalue weighted by atomic mass is 10.2. The van der Waals surface area contributed by atoms with Gasteiger partial charge in [-0.2, -0.15) is 0 Å². The van der Waals surface area contributed by atoms with Crippen molar-refractivity contribution in [1.29, 1.82) is 0 Å². The molecule has 0 saturated heterocycles. The molecule has 1 aromatic carbocycles. The number of hydrogen-bond acceptors (Lipinski definition) is 3. The van der Waals surface area contributed by atoms with E-state index in [4.69, 9.17) is 0 Å². The second-order valence-electron chi connectivity index (χ2n) is 2.95. The van der Waals surface area contributed by atoms with Crippen LogP contribution in [0, 0.1) is 0 Å². The van der Waals surface area contributed by atoms with E-state index in [0.717, 1.165) is 5.56 Å². The van der Waals surface area contributed by atoms with E-state index >= 15 is 0 Å². The highest BCUT2D eigenvalue weighted by Gasteiger charge is 1.99. The maximum Gasteiger partial charge on any atom is 0.246 e. The van der Waals surface area contributed by atoms with E-state index in [1.165, 1.54) is 0 Å². The molecule has 0 saturated carbocycles. The molecule has 82 valence electrons. The number of amides is 1. The fraction of sp³-hybridized carbons (Fsp3) is 0.182. The quantitative estimate of drug-likeness (QED) is 0.387. The third-order valence-corrected chi connectivity index (χ3v) is 1.68. The predicted molar refractivity (Wildman–Crippen MR) is 61.5 cm³/mol. The van der Waals surface area contributed by atoms with Gasteiger partial charge in [-0.3, -0.25) is 16.5 Å². The Kier molecular flexibility index (Phi) is 6.88. The van der Waals surface area contributed by atoms with Gasteiger partial charge in [0, 0.05) is 12.1 Å². The first-order chi connectivity index (χ1) is 7.20. The number of rotatable bonds is 3. The molecule has 0 aromatic heterocycles. The average Bonchev–Trinajstić information content (AvgIpc) is 2.30. The van der Waals surface area contributed by atoms with Crippen molar-refractivity contribution in [3.63, 3.8) is 0 Å². The van der Waals surface area contributed by atoms with Crippen LogP contribution in [0.1, 0.15) is 12.5 Å². The number of hydrogen-bond donors (Lipinski definition) is 3. The molecule has 4 heteroatoms. The van der Waals surface area contributed by atoms with Crippen molar-refractivity contribution in [2.24, 2.45) is 11.7 Å². The summed E-state index contributed by atoms with van der Waals surface area (Å²) < 4.78 is 0. The minimum absolute atomic E-state index is 0.0937. The van der Waals surface area contributed by atoms with Crippen molar-refractivity contribution in [3.8, 4) is 0 Å². The molecule has 0 aliphatic rings. The first-order valence-corrected chi connectivity index (χ1v) is 4.51. The zero-order valence-electron chi connectivity index (χ0n) is 8.86. The van der Waals surface area contributed by atoms with E-state index < -0.39 is 0 Å². The van der Waals surface area contributed by atoms with Crippen LogP contribution in [0.25, 0.3) is 0 Å². The van der Waals surface area contributed by atoms with Crippen LogP contribution in [0.2, 0.25) is 0 Å². The van der Waals surface area contributed by atoms with Crippen LogP contribution in [0.3, 0.4) is 0 Å². The summed E-state index contributed by atoms with van der Waals surface area (Å²) in [5, 5.41) is 2.76. The van der Waals surface area contributed by atoms with Crippen LogP contribution in [0.5, 0.6) is 0 Å². The molecule has 15 heavy (non-hydrogen) atoms. The fourth-order valence-electron chi connectivity index (χ4n) is 0.929. The van der Waals surface area contributed by atoms with Gasteiger partial charge in [0.1, 0.15) is 0 Å². The molecular formula is C11H17N3O. The Bertz CT molecular complexity index is 309. The second-order valence-corrected chi connectivity index (χ2v) is 2.95. The normalized spacial score (nSPS) is 8.47. The van der Waals surface area contributed by atoms with E-state index in [2.05, 4.69) is 23.6 Å². The lowest BCUT2D eigenvalue weighted by Crippen LogP contribution is -2.22. The predicted octanol–water partition coefficient (Wildman–Crippen LogP) is 0.698. The van der Waals surface area contributed by atoms with Gasteiger partial charge in [-0.25, -0.2) is 0 Å². The van der Waals surface area contributed by atoms with Crippen LogP contribution < -0.4 is 17.0 Å². The summed E-state index contributed by atoms with van der Waals surface area (Å²) in [6.45, 7) is 5.81. The molecule has 0 radical (unpaired) electrons. The summed E-state index contributed by atoms with van der Waals surface area (Å²) in [6, 6.07) is 9.78. The van der Waals surface area contributed by atoms with Crippen molar-refractivity contribution in [3.05, 3.63) is 48.0 Å². The fourth-order valence-corrected chi connectivity index (χ4v) is 0.929. The number of nitrogens with one attached hydrogen (secondary N) is 1. The molecule has 4 nitrogen and oxygen atoms in total. The Morgan fingerprint density at radius 1 is 1.33 bits per heavy atom. The number of benzene rings is 1. The molecule has 0 aliphatic heterocycles. The van der Waals surface area contributed by atoms with Crippen molar-refractivity contribution < 1.29 is 4.79 Å². The van der Waals surface area contributed by atoms with Gasteiger partial charge >= 0.3 is 0 Å². The largest absolute Gasteiger partial charge is 0.348 e. The minimum Gasteiger partial charge on any atom is -0.348 e. The zero-order valence-corrected chi connectivity index (χ0v) is 8.86. The van der Waals surface area contributed by atoms with Crippen LogP contribution >= 0.6 is 0 Å². The Hall–Kier alpha value is -1.65. The summed E-state index contributed by atoms with van der Waals surface area (Å²) in [7, 11) is 0. The summed E-state index contributed by atoms with van der Waals surface area (Å²) >= 11 is 0. The summed E-state index contributed by atoms with van der Waals surface area (Å²) in [6.07, 6.45) is 0. The van der Waals surface area contributed by atoms with Crippen LogP contribution in [0.4, 0.5) is 0 Å². The average molecular weight is 207 g/mol. The molecule has 0 atom stereocenters. The monoisotopic (exact) mass is 207 g/mol. The highest BCUT2D eigenvalue weighted by atomic mass is 16.1. The number of hydrazine groups is 1. The van der Waals surface area contributed by atoms with E-state index in [9.17, 15) is 4.79 Å². The molecule has 0 unspecified atom stereocenters. The second kappa shape index (κ2) is 7.73. The Morgan fingerprint density at radius 3 is 2.33 bits per heavy atom. The first-order valence-electron chi connectivity index (χ1n) is 4.51. The van der Waals surface area contributed by atoms with E-state index in [0.29, 0.717) is 12.1 Å². The van der Waals surface area contributed by atoms with Gasteiger partial charge in [0.15, 0.2) is 0 Å². The number of nitrogens with two attached hydrogens (primary N) is 2. The van der Waals surface area contributed by atoms with Gasteiger partial charge < -0.3 is 5.32 Å². The molecule has 1 rings (SSSR count). The SMILES string of the molecule is C=C(C)C(=O)NCc1ccccc1.NN. The summed E-state index contributed by atoms with van der Waals surface area (Å²) in [5.41, 5.74) is 1.63. The van der Waals surface area contributed by atoms with Crippen LogP contribution in [-0.2, 0) is 11.3 Å². The highest BCUT2D eigenvalue weighted by molar-refractivity contribution is 5.91. The van der Waals surface area contributed by atoms with E-state index in [-0.39, 0.29) is 5.91 Å². The van der Waals surface area contributed by atoms with Crippen molar-refractivity contribution in [1.82, 2.24) is 5.32 Å². The van der Waals surface area contributed by atoms with E-state index in [1.54, 1.807) is 6.92 Å². The topological polar surface area (TPSA) is 81.1 Å². The van der Waals surface area contributed by atoms with Crippen molar-refractivity contribution in [2.75, 3.05) is 0 Å². The maximum absolute atomic E-state index is 11.1. The maximum atomic E-state index is 11.1. The Morgan fingerprint density at radius 2 is 1.87 bits per heavy atom. The zero-order chi connectivity index (χ0) is 11.7. The Labute approximate surface area is 89.9 Å². The minimum atomic E-state index is -0.0937. The lowest BCUT2D eigenvalue weighted by molar-refractivity contribution is -0.117. The first kappa shape index (κ1) is 13.4. The third-order valence-electron chi connectivity index (χ3n) is 1.68.